The van der Waals surface area contributed by atoms with Crippen LogP contribution < -0.4 is 5.73 Å². The Hall–Kier alpha value is -0.820. The normalized spacial score (nSPS) is 12.9. The second kappa shape index (κ2) is 4.27. The van der Waals surface area contributed by atoms with Crippen LogP contribution in [0.15, 0.2) is 24.3 Å². The first-order valence-electron chi connectivity index (χ1n) is 4.56. The summed E-state index contributed by atoms with van der Waals surface area (Å²) in [6.07, 6.45) is 2.09. The van der Waals surface area contributed by atoms with E-state index in [0.29, 0.717) is 0 Å². The fraction of sp³-hybridized carbons (Fsp3) is 0.455. The van der Waals surface area contributed by atoms with Gasteiger partial charge in [-0.3, -0.25) is 0 Å². The first-order valence-corrected chi connectivity index (χ1v) is 4.56. The Morgan fingerprint density at radius 3 is 2.33 bits per heavy atom. The average Bonchev–Trinajstić information content (AvgIpc) is 2.04. The van der Waals surface area contributed by atoms with Crippen molar-refractivity contribution in [3.05, 3.63) is 35.4 Å². The molecule has 0 saturated carbocycles. The van der Waals surface area contributed by atoms with Crippen LogP contribution in [0.5, 0.6) is 0 Å². The lowest BCUT2D eigenvalue weighted by Crippen LogP contribution is -2.18. The fourth-order valence-electron chi connectivity index (χ4n) is 1.45. The minimum Gasteiger partial charge on any atom is -0.328 e. The van der Waals surface area contributed by atoms with Crippen LogP contribution in [-0.2, 0) is 12.8 Å². The number of hydrogen-bond donors (Lipinski definition) is 1. The van der Waals surface area contributed by atoms with Crippen molar-refractivity contribution in [2.75, 3.05) is 0 Å². The molecule has 0 bridgehead atoms. The Kier molecular flexibility index (Phi) is 3.30. The Morgan fingerprint density at radius 2 is 1.83 bits per heavy atom. The highest BCUT2D eigenvalue weighted by molar-refractivity contribution is 5.27. The van der Waals surface area contributed by atoms with Gasteiger partial charge in [-0.25, -0.2) is 0 Å². The molecule has 0 fully saturated rings. The van der Waals surface area contributed by atoms with Crippen LogP contribution in [0.4, 0.5) is 0 Å². The minimum atomic E-state index is 0.262. The summed E-state index contributed by atoms with van der Waals surface area (Å²) in [5, 5.41) is 0. The Morgan fingerprint density at radius 1 is 1.25 bits per heavy atom. The molecule has 0 aromatic heterocycles. The van der Waals surface area contributed by atoms with Gasteiger partial charge in [0.05, 0.1) is 0 Å². The molecule has 0 spiro atoms. The fourth-order valence-corrected chi connectivity index (χ4v) is 1.45. The van der Waals surface area contributed by atoms with Crippen LogP contribution in [-0.4, -0.2) is 6.04 Å². The summed E-state index contributed by atoms with van der Waals surface area (Å²) < 4.78 is 0. The lowest BCUT2D eigenvalue weighted by Gasteiger charge is -2.09. The molecule has 0 aliphatic carbocycles. The lowest BCUT2D eigenvalue weighted by atomic mass is 10.00. The molecule has 0 amide bonds. The van der Waals surface area contributed by atoms with Crippen molar-refractivity contribution in [2.24, 2.45) is 5.73 Å². The van der Waals surface area contributed by atoms with E-state index in [4.69, 9.17) is 5.73 Å². The SMILES string of the molecule is CCc1ccccc1C[C@@H](C)N. The zero-order chi connectivity index (χ0) is 8.97. The highest BCUT2D eigenvalue weighted by Gasteiger charge is 2.01. The molecule has 1 nitrogen and oxygen atoms in total. The Balaban J connectivity index is 2.82. The number of nitrogens with two attached hydrogens (primary N) is 1. The van der Waals surface area contributed by atoms with Crippen molar-refractivity contribution in [1.29, 1.82) is 0 Å². The van der Waals surface area contributed by atoms with Crippen LogP contribution in [0.2, 0.25) is 0 Å². The van der Waals surface area contributed by atoms with Gasteiger partial charge < -0.3 is 5.73 Å². The summed E-state index contributed by atoms with van der Waals surface area (Å²) in [6, 6.07) is 8.78. The molecule has 0 heterocycles. The maximum Gasteiger partial charge on any atom is 0.00510 e. The zero-order valence-corrected chi connectivity index (χ0v) is 7.88. The van der Waals surface area contributed by atoms with Crippen molar-refractivity contribution in [2.45, 2.75) is 32.7 Å². The molecule has 0 unspecified atom stereocenters. The molecule has 1 aromatic carbocycles. The summed E-state index contributed by atoms with van der Waals surface area (Å²) in [5.74, 6) is 0. The van der Waals surface area contributed by atoms with Gasteiger partial charge in [0.2, 0.25) is 0 Å². The first-order chi connectivity index (χ1) is 5.74. The van der Waals surface area contributed by atoms with E-state index in [1.807, 2.05) is 6.92 Å². The molecule has 66 valence electrons. The third-order valence-electron chi connectivity index (χ3n) is 2.04. The molecule has 0 saturated heterocycles. The lowest BCUT2D eigenvalue weighted by molar-refractivity contribution is 0.732. The number of benzene rings is 1. The highest BCUT2D eigenvalue weighted by Crippen LogP contribution is 2.10. The molecular formula is C11H17N. The van der Waals surface area contributed by atoms with Crippen molar-refractivity contribution < 1.29 is 0 Å². The van der Waals surface area contributed by atoms with Gasteiger partial charge >= 0.3 is 0 Å². The van der Waals surface area contributed by atoms with E-state index < -0.39 is 0 Å². The van der Waals surface area contributed by atoms with Gasteiger partial charge in [-0.05, 0) is 30.9 Å². The highest BCUT2D eigenvalue weighted by atomic mass is 14.6. The van der Waals surface area contributed by atoms with Crippen LogP contribution in [0.3, 0.4) is 0 Å². The predicted molar refractivity (Wildman–Crippen MR) is 53.2 cm³/mol. The van der Waals surface area contributed by atoms with Crippen LogP contribution in [0, 0.1) is 0 Å². The van der Waals surface area contributed by atoms with E-state index in [1.54, 1.807) is 0 Å². The van der Waals surface area contributed by atoms with Gasteiger partial charge in [0.25, 0.3) is 0 Å². The molecule has 0 radical (unpaired) electrons. The summed E-state index contributed by atoms with van der Waals surface area (Å²) >= 11 is 0. The summed E-state index contributed by atoms with van der Waals surface area (Å²) in [7, 11) is 0. The topological polar surface area (TPSA) is 26.0 Å². The van der Waals surface area contributed by atoms with Gasteiger partial charge in [0.1, 0.15) is 0 Å². The minimum absolute atomic E-state index is 0.262. The van der Waals surface area contributed by atoms with Gasteiger partial charge in [0.15, 0.2) is 0 Å². The Bertz CT molecular complexity index is 241. The maximum atomic E-state index is 5.75. The second-order valence-corrected chi connectivity index (χ2v) is 3.30. The molecule has 0 aliphatic rings. The first kappa shape index (κ1) is 9.27. The number of rotatable bonds is 3. The van der Waals surface area contributed by atoms with Crippen LogP contribution >= 0.6 is 0 Å². The summed E-state index contributed by atoms with van der Waals surface area (Å²) in [5.41, 5.74) is 8.57. The predicted octanol–water partition coefficient (Wildman–Crippen LogP) is 2.14. The van der Waals surface area contributed by atoms with Gasteiger partial charge in [-0.15, -0.1) is 0 Å². The van der Waals surface area contributed by atoms with Crippen LogP contribution in [0.25, 0.3) is 0 Å². The molecule has 1 atom stereocenters. The molecule has 1 rings (SSSR count). The van der Waals surface area contributed by atoms with Gasteiger partial charge in [-0.1, -0.05) is 31.2 Å². The third kappa shape index (κ3) is 2.35. The smallest absolute Gasteiger partial charge is 0.00510 e. The van der Waals surface area contributed by atoms with E-state index in [0.717, 1.165) is 12.8 Å². The van der Waals surface area contributed by atoms with Crippen molar-refractivity contribution in [3.8, 4) is 0 Å². The van der Waals surface area contributed by atoms with Crippen molar-refractivity contribution >= 4 is 0 Å². The largest absolute Gasteiger partial charge is 0.328 e. The van der Waals surface area contributed by atoms with E-state index in [9.17, 15) is 0 Å². The molecule has 0 aliphatic heterocycles. The number of aryl methyl sites for hydroxylation is 1. The molecule has 12 heavy (non-hydrogen) atoms. The second-order valence-electron chi connectivity index (χ2n) is 3.30. The molecule has 1 heteroatoms. The van der Waals surface area contributed by atoms with E-state index >= 15 is 0 Å². The maximum absolute atomic E-state index is 5.75. The van der Waals surface area contributed by atoms with Gasteiger partial charge in [-0.2, -0.15) is 0 Å². The standard InChI is InChI=1S/C11H17N/c1-3-10-6-4-5-7-11(10)8-9(2)12/h4-7,9H,3,8,12H2,1-2H3/t9-/m1/s1. The van der Waals surface area contributed by atoms with E-state index in [-0.39, 0.29) is 6.04 Å². The Labute approximate surface area is 74.6 Å². The van der Waals surface area contributed by atoms with Crippen molar-refractivity contribution in [3.63, 3.8) is 0 Å². The summed E-state index contributed by atoms with van der Waals surface area (Å²) in [4.78, 5) is 0. The van der Waals surface area contributed by atoms with Crippen molar-refractivity contribution in [1.82, 2.24) is 0 Å². The van der Waals surface area contributed by atoms with Gasteiger partial charge in [0, 0.05) is 6.04 Å². The number of hydrogen-bond acceptors (Lipinski definition) is 1. The monoisotopic (exact) mass is 163 g/mol. The summed E-state index contributed by atoms with van der Waals surface area (Å²) in [6.45, 7) is 4.23. The van der Waals surface area contributed by atoms with Crippen LogP contribution in [0.1, 0.15) is 25.0 Å². The van der Waals surface area contributed by atoms with E-state index in [1.165, 1.54) is 11.1 Å². The zero-order valence-electron chi connectivity index (χ0n) is 7.88. The molecular weight excluding hydrogens is 146 g/mol. The molecule has 1 aromatic rings. The quantitative estimate of drug-likeness (QED) is 0.726. The third-order valence-corrected chi connectivity index (χ3v) is 2.04. The molecule has 2 N–H and O–H groups in total. The average molecular weight is 163 g/mol. The van der Waals surface area contributed by atoms with E-state index in [2.05, 4.69) is 31.2 Å².